The van der Waals surface area contributed by atoms with Crippen LogP contribution in [-0.4, -0.2) is 35.8 Å². The molecule has 0 aliphatic carbocycles. The van der Waals surface area contributed by atoms with Crippen LogP contribution in [0.2, 0.25) is 0 Å². The molecule has 4 heteroatoms. The molecule has 0 bridgehead atoms. The van der Waals surface area contributed by atoms with Crippen molar-refractivity contribution in [3.05, 3.63) is 36.6 Å². The molecule has 0 fully saturated rings. The summed E-state index contributed by atoms with van der Waals surface area (Å²) in [4.78, 5) is 15.5. The maximum Gasteiger partial charge on any atom is 0.217 e. The number of Topliss-reactive ketones (excluding diaryl/α,β-unsaturated/α-hetero) is 1. The van der Waals surface area contributed by atoms with E-state index < -0.39 is 0 Å². The number of hydrogen-bond donors (Lipinski definition) is 0. The molecule has 1 aliphatic heterocycles. The minimum Gasteiger partial charge on any atom is -0.461 e. The van der Waals surface area contributed by atoms with Crippen molar-refractivity contribution >= 4 is 5.78 Å². The van der Waals surface area contributed by atoms with Crippen molar-refractivity contribution in [2.75, 3.05) is 20.3 Å². The third kappa shape index (κ3) is 1.79. The lowest BCUT2D eigenvalue weighted by Crippen LogP contribution is -2.27. The number of hydrogen-bond acceptors (Lipinski definition) is 4. The summed E-state index contributed by atoms with van der Waals surface area (Å²) in [7, 11) is 1.97. The molecule has 2 rings (SSSR count). The van der Waals surface area contributed by atoms with E-state index in [1.807, 2.05) is 29.2 Å². The van der Waals surface area contributed by atoms with Crippen LogP contribution in [0.1, 0.15) is 10.6 Å². The number of nitrogens with zero attached hydrogens (tertiary/aromatic N) is 2. The predicted octanol–water partition coefficient (Wildman–Crippen LogP) is 1.14. The lowest BCUT2D eigenvalue weighted by atomic mass is 10.3. The van der Waals surface area contributed by atoms with Gasteiger partial charge < -0.3 is 14.2 Å². The molecule has 0 atom stereocenters. The Morgan fingerprint density at radius 2 is 2.43 bits per heavy atom. The fourth-order valence-corrected chi connectivity index (χ4v) is 1.39. The second-order valence-corrected chi connectivity index (χ2v) is 3.34. The van der Waals surface area contributed by atoms with Gasteiger partial charge in [-0.15, -0.1) is 0 Å². The molecule has 4 nitrogen and oxygen atoms in total. The predicted molar refractivity (Wildman–Crippen MR) is 51.5 cm³/mol. The first-order chi connectivity index (χ1) is 6.75. The van der Waals surface area contributed by atoms with E-state index in [2.05, 4.69) is 0 Å². The summed E-state index contributed by atoms with van der Waals surface area (Å²) in [6.45, 7) is 1.13. The number of carbonyl (C=O) groups is 1. The van der Waals surface area contributed by atoms with E-state index in [-0.39, 0.29) is 5.78 Å². The topological polar surface area (TPSA) is 36.7 Å². The van der Waals surface area contributed by atoms with Crippen LogP contribution in [0.3, 0.4) is 0 Å². The van der Waals surface area contributed by atoms with Crippen LogP contribution < -0.4 is 0 Å². The fourth-order valence-electron chi connectivity index (χ4n) is 1.39. The van der Waals surface area contributed by atoms with Crippen molar-refractivity contribution in [1.82, 2.24) is 9.80 Å². The molecule has 74 valence electrons. The Bertz CT molecular complexity index is 343. The van der Waals surface area contributed by atoms with Crippen molar-refractivity contribution in [2.24, 2.45) is 0 Å². The monoisotopic (exact) mass is 192 g/mol. The van der Waals surface area contributed by atoms with Gasteiger partial charge in [-0.1, -0.05) is 0 Å². The molecule has 1 aliphatic rings. The molecule has 0 unspecified atom stereocenters. The third-order valence-electron chi connectivity index (χ3n) is 2.08. The van der Waals surface area contributed by atoms with Gasteiger partial charge in [-0.05, 0) is 12.1 Å². The highest BCUT2D eigenvalue weighted by Gasteiger charge is 2.15. The van der Waals surface area contributed by atoms with Crippen LogP contribution in [0.25, 0.3) is 0 Å². The molecule has 0 saturated heterocycles. The fraction of sp³-hybridized carbons (Fsp3) is 0.300. The Kier molecular flexibility index (Phi) is 2.26. The van der Waals surface area contributed by atoms with E-state index in [0.717, 1.165) is 6.67 Å². The zero-order chi connectivity index (χ0) is 9.97. The van der Waals surface area contributed by atoms with Gasteiger partial charge >= 0.3 is 0 Å². The average molecular weight is 192 g/mol. The van der Waals surface area contributed by atoms with Gasteiger partial charge in [0.2, 0.25) is 5.78 Å². The number of furan rings is 1. The average Bonchev–Trinajstić information content (AvgIpc) is 2.75. The molecular weight excluding hydrogens is 180 g/mol. The Balaban J connectivity index is 1.93. The molecule has 0 saturated carbocycles. The zero-order valence-electron chi connectivity index (χ0n) is 8.01. The Hall–Kier alpha value is -1.71. The minimum absolute atomic E-state index is 0.00921. The van der Waals surface area contributed by atoms with Crippen LogP contribution in [0.4, 0.5) is 0 Å². The Morgan fingerprint density at radius 1 is 1.57 bits per heavy atom. The van der Waals surface area contributed by atoms with Crippen LogP contribution in [0.5, 0.6) is 0 Å². The van der Waals surface area contributed by atoms with E-state index in [1.165, 1.54) is 6.26 Å². The lowest BCUT2D eigenvalue weighted by Gasteiger charge is -2.16. The smallest absolute Gasteiger partial charge is 0.217 e. The summed E-state index contributed by atoms with van der Waals surface area (Å²) >= 11 is 0. The van der Waals surface area contributed by atoms with Gasteiger partial charge in [0, 0.05) is 19.4 Å². The van der Waals surface area contributed by atoms with Crippen molar-refractivity contribution in [1.29, 1.82) is 0 Å². The van der Waals surface area contributed by atoms with E-state index in [0.29, 0.717) is 12.3 Å². The summed E-state index contributed by atoms with van der Waals surface area (Å²) in [6, 6.07) is 3.41. The molecule has 0 N–H and O–H groups in total. The van der Waals surface area contributed by atoms with Gasteiger partial charge in [0.15, 0.2) is 5.76 Å². The van der Waals surface area contributed by atoms with Crippen molar-refractivity contribution in [2.45, 2.75) is 0 Å². The van der Waals surface area contributed by atoms with Gasteiger partial charge in [-0.2, -0.15) is 0 Å². The molecule has 0 spiro atoms. The van der Waals surface area contributed by atoms with Crippen LogP contribution in [0, 0.1) is 0 Å². The third-order valence-corrected chi connectivity index (χ3v) is 2.08. The van der Waals surface area contributed by atoms with E-state index in [4.69, 9.17) is 4.42 Å². The van der Waals surface area contributed by atoms with Gasteiger partial charge in [0.05, 0.1) is 19.5 Å². The van der Waals surface area contributed by atoms with E-state index >= 15 is 0 Å². The first kappa shape index (κ1) is 8.87. The molecule has 14 heavy (non-hydrogen) atoms. The lowest BCUT2D eigenvalue weighted by molar-refractivity contribution is 0.0921. The highest BCUT2D eigenvalue weighted by atomic mass is 16.3. The number of rotatable bonds is 3. The molecule has 1 aromatic heterocycles. The second-order valence-electron chi connectivity index (χ2n) is 3.34. The SMILES string of the molecule is CN1C=CN(CC(=O)c2ccco2)C1. The summed E-state index contributed by atoms with van der Waals surface area (Å²) in [6.07, 6.45) is 5.36. The molecule has 2 heterocycles. The maximum absolute atomic E-state index is 11.6. The summed E-state index contributed by atoms with van der Waals surface area (Å²) < 4.78 is 5.02. The molecule has 0 radical (unpaired) electrons. The summed E-state index contributed by atoms with van der Waals surface area (Å²) in [5.74, 6) is 0.433. The molecule has 1 aromatic rings. The molecule has 0 aromatic carbocycles. The van der Waals surface area contributed by atoms with Crippen LogP contribution in [0.15, 0.2) is 35.2 Å². The first-order valence-corrected chi connectivity index (χ1v) is 4.45. The number of ketones is 1. The van der Waals surface area contributed by atoms with Crippen LogP contribution >= 0.6 is 0 Å². The quantitative estimate of drug-likeness (QED) is 0.673. The van der Waals surface area contributed by atoms with Gasteiger partial charge in [0.1, 0.15) is 0 Å². The van der Waals surface area contributed by atoms with Crippen molar-refractivity contribution < 1.29 is 9.21 Å². The summed E-state index contributed by atoms with van der Waals surface area (Å²) in [5, 5.41) is 0. The number of carbonyl (C=O) groups excluding carboxylic acids is 1. The zero-order valence-corrected chi connectivity index (χ0v) is 8.01. The highest BCUT2D eigenvalue weighted by molar-refractivity contribution is 5.95. The Labute approximate surface area is 82.4 Å². The minimum atomic E-state index is 0.00921. The van der Waals surface area contributed by atoms with Crippen LogP contribution in [-0.2, 0) is 0 Å². The van der Waals surface area contributed by atoms with Gasteiger partial charge in [0.25, 0.3) is 0 Å². The largest absolute Gasteiger partial charge is 0.461 e. The molecular formula is C10H12N2O2. The Morgan fingerprint density at radius 3 is 3.00 bits per heavy atom. The normalized spacial score (nSPS) is 15.2. The van der Waals surface area contributed by atoms with Crippen molar-refractivity contribution in [3.8, 4) is 0 Å². The highest BCUT2D eigenvalue weighted by Crippen LogP contribution is 2.07. The van der Waals surface area contributed by atoms with Gasteiger partial charge in [-0.3, -0.25) is 4.79 Å². The van der Waals surface area contributed by atoms with Gasteiger partial charge in [-0.25, -0.2) is 0 Å². The van der Waals surface area contributed by atoms with E-state index in [9.17, 15) is 4.79 Å². The summed E-state index contributed by atoms with van der Waals surface area (Å²) in [5.41, 5.74) is 0. The maximum atomic E-state index is 11.6. The molecule has 0 amide bonds. The first-order valence-electron chi connectivity index (χ1n) is 4.45. The standard InChI is InChI=1S/C10H12N2O2/c1-11-4-5-12(8-11)7-9(13)10-3-2-6-14-10/h2-6H,7-8H2,1H3. The van der Waals surface area contributed by atoms with Crippen molar-refractivity contribution in [3.63, 3.8) is 0 Å². The second kappa shape index (κ2) is 3.57. The van der Waals surface area contributed by atoms with E-state index in [1.54, 1.807) is 12.1 Å².